The first-order valence-corrected chi connectivity index (χ1v) is 10.2. The van der Waals surface area contributed by atoms with Crippen LogP contribution in [0.4, 0.5) is 16.2 Å². The quantitative estimate of drug-likeness (QED) is 0.728. The Morgan fingerprint density at radius 2 is 1.57 bits per heavy atom. The standard InChI is InChI=1S/C23H27N5O2/c1-17-8-7-11-20(16-17)26-12-14-27(15-13-26)23(30)24-21-18(2)25(3)28(22(21)29)19-9-5-4-6-10-19/h4-11,16H,12-15H2,1-3H3,(H,24,30). The molecule has 0 bridgehead atoms. The molecule has 1 aromatic heterocycles. The van der Waals surface area contributed by atoms with Gasteiger partial charge in [-0.3, -0.25) is 9.48 Å². The normalized spacial score (nSPS) is 14.1. The molecule has 1 saturated heterocycles. The highest BCUT2D eigenvalue weighted by molar-refractivity contribution is 5.90. The molecule has 0 spiro atoms. The molecule has 0 aliphatic carbocycles. The van der Waals surface area contributed by atoms with Crippen molar-refractivity contribution in [1.82, 2.24) is 14.3 Å². The van der Waals surface area contributed by atoms with E-state index in [1.54, 1.807) is 14.3 Å². The summed E-state index contributed by atoms with van der Waals surface area (Å²) in [6.07, 6.45) is 0. The molecule has 156 valence electrons. The largest absolute Gasteiger partial charge is 0.368 e. The van der Waals surface area contributed by atoms with Gasteiger partial charge in [0.25, 0.3) is 5.56 Å². The third-order valence-corrected chi connectivity index (χ3v) is 5.72. The van der Waals surface area contributed by atoms with Gasteiger partial charge in [0.15, 0.2) is 0 Å². The molecule has 0 atom stereocenters. The van der Waals surface area contributed by atoms with Crippen LogP contribution in [-0.2, 0) is 7.05 Å². The highest BCUT2D eigenvalue weighted by Gasteiger charge is 2.24. The van der Waals surface area contributed by atoms with Crippen molar-refractivity contribution in [2.75, 3.05) is 36.4 Å². The lowest BCUT2D eigenvalue weighted by molar-refractivity contribution is 0.208. The third kappa shape index (κ3) is 3.70. The van der Waals surface area contributed by atoms with Crippen molar-refractivity contribution < 1.29 is 4.79 Å². The number of rotatable bonds is 3. The lowest BCUT2D eigenvalue weighted by Gasteiger charge is -2.36. The van der Waals surface area contributed by atoms with Gasteiger partial charge in [0.05, 0.1) is 11.4 Å². The van der Waals surface area contributed by atoms with Crippen LogP contribution in [0.5, 0.6) is 0 Å². The molecule has 2 aromatic carbocycles. The van der Waals surface area contributed by atoms with Crippen molar-refractivity contribution in [3.05, 3.63) is 76.2 Å². The zero-order valence-electron chi connectivity index (χ0n) is 17.6. The second-order valence-corrected chi connectivity index (χ2v) is 7.68. The highest BCUT2D eigenvalue weighted by Crippen LogP contribution is 2.19. The number of aromatic nitrogens is 2. The minimum absolute atomic E-state index is 0.229. The van der Waals surface area contributed by atoms with Gasteiger partial charge in [-0.05, 0) is 43.7 Å². The number of carbonyl (C=O) groups is 1. The summed E-state index contributed by atoms with van der Waals surface area (Å²) in [4.78, 5) is 29.9. The van der Waals surface area contributed by atoms with E-state index in [1.165, 1.54) is 11.3 Å². The van der Waals surface area contributed by atoms with Gasteiger partial charge in [0.2, 0.25) is 0 Å². The Bertz CT molecular complexity index is 1110. The summed E-state index contributed by atoms with van der Waals surface area (Å²) in [7, 11) is 1.82. The number of para-hydroxylation sites is 1. The molecule has 7 nitrogen and oxygen atoms in total. The van der Waals surface area contributed by atoms with Crippen molar-refractivity contribution in [2.24, 2.45) is 7.05 Å². The van der Waals surface area contributed by atoms with Crippen LogP contribution in [0, 0.1) is 13.8 Å². The highest BCUT2D eigenvalue weighted by atomic mass is 16.2. The smallest absolute Gasteiger partial charge is 0.322 e. The number of urea groups is 1. The fourth-order valence-corrected chi connectivity index (χ4v) is 3.89. The van der Waals surface area contributed by atoms with Gasteiger partial charge in [-0.15, -0.1) is 0 Å². The number of nitrogens with one attached hydrogen (secondary N) is 1. The van der Waals surface area contributed by atoms with Crippen LogP contribution in [0.1, 0.15) is 11.3 Å². The van der Waals surface area contributed by atoms with E-state index in [9.17, 15) is 9.59 Å². The number of anilines is 2. The number of hydrogen-bond donors (Lipinski definition) is 1. The average Bonchev–Trinajstić information content (AvgIpc) is 2.97. The summed E-state index contributed by atoms with van der Waals surface area (Å²) in [6.45, 7) is 6.67. The minimum Gasteiger partial charge on any atom is -0.368 e. The number of carbonyl (C=O) groups excluding carboxylic acids is 1. The lowest BCUT2D eigenvalue weighted by Crippen LogP contribution is -2.50. The number of piperazine rings is 1. The van der Waals surface area contributed by atoms with Gasteiger partial charge in [-0.1, -0.05) is 30.3 Å². The second-order valence-electron chi connectivity index (χ2n) is 7.68. The topological polar surface area (TPSA) is 62.5 Å². The van der Waals surface area contributed by atoms with E-state index in [4.69, 9.17) is 0 Å². The number of hydrogen-bond acceptors (Lipinski definition) is 3. The van der Waals surface area contributed by atoms with E-state index in [0.29, 0.717) is 18.8 Å². The lowest BCUT2D eigenvalue weighted by atomic mass is 10.2. The van der Waals surface area contributed by atoms with Crippen LogP contribution in [0.25, 0.3) is 5.69 Å². The zero-order valence-corrected chi connectivity index (χ0v) is 17.6. The molecular formula is C23H27N5O2. The zero-order chi connectivity index (χ0) is 21.3. The second kappa shape index (κ2) is 8.10. The Hall–Kier alpha value is -3.48. The number of aryl methyl sites for hydroxylation is 1. The number of nitrogens with zero attached hydrogens (tertiary/aromatic N) is 4. The molecule has 2 amide bonds. The Morgan fingerprint density at radius 3 is 2.23 bits per heavy atom. The first kappa shape index (κ1) is 19.8. The van der Waals surface area contributed by atoms with Gasteiger partial charge in [0, 0.05) is 38.9 Å². The van der Waals surface area contributed by atoms with E-state index in [-0.39, 0.29) is 11.6 Å². The fraction of sp³-hybridized carbons (Fsp3) is 0.304. The van der Waals surface area contributed by atoms with Crippen LogP contribution in [0.15, 0.2) is 59.4 Å². The molecule has 1 aliphatic rings. The van der Waals surface area contributed by atoms with Crippen LogP contribution < -0.4 is 15.8 Å². The summed E-state index contributed by atoms with van der Waals surface area (Å²) >= 11 is 0. The Kier molecular flexibility index (Phi) is 5.35. The number of amides is 2. The van der Waals surface area contributed by atoms with Crippen LogP contribution >= 0.6 is 0 Å². The maximum atomic E-state index is 13.0. The summed E-state index contributed by atoms with van der Waals surface area (Å²) in [5, 5.41) is 2.86. The van der Waals surface area contributed by atoms with E-state index in [2.05, 4.69) is 41.4 Å². The van der Waals surface area contributed by atoms with Crippen LogP contribution in [0.3, 0.4) is 0 Å². The predicted molar refractivity (Wildman–Crippen MR) is 120 cm³/mol. The molecule has 7 heteroatoms. The van der Waals surface area contributed by atoms with Crippen LogP contribution in [0.2, 0.25) is 0 Å². The summed E-state index contributed by atoms with van der Waals surface area (Å²) in [5.74, 6) is 0. The molecule has 1 fully saturated rings. The molecule has 0 saturated carbocycles. The first-order chi connectivity index (χ1) is 14.5. The monoisotopic (exact) mass is 405 g/mol. The van der Waals surface area contributed by atoms with E-state index in [0.717, 1.165) is 24.5 Å². The third-order valence-electron chi connectivity index (χ3n) is 5.72. The molecule has 2 heterocycles. The fourth-order valence-electron chi connectivity index (χ4n) is 3.89. The number of benzene rings is 2. The molecular weight excluding hydrogens is 378 g/mol. The first-order valence-electron chi connectivity index (χ1n) is 10.2. The van der Waals surface area contributed by atoms with E-state index < -0.39 is 0 Å². The van der Waals surface area contributed by atoms with Gasteiger partial charge in [-0.25, -0.2) is 9.48 Å². The summed E-state index contributed by atoms with van der Waals surface area (Å²) in [6, 6.07) is 17.6. The minimum atomic E-state index is -0.232. The molecule has 4 rings (SSSR count). The summed E-state index contributed by atoms with van der Waals surface area (Å²) in [5.41, 5.74) is 3.98. The molecule has 1 aliphatic heterocycles. The van der Waals surface area contributed by atoms with Crippen molar-refractivity contribution >= 4 is 17.4 Å². The van der Waals surface area contributed by atoms with Gasteiger partial charge in [0.1, 0.15) is 5.69 Å². The Balaban J connectivity index is 1.47. The Morgan fingerprint density at radius 1 is 0.900 bits per heavy atom. The maximum Gasteiger partial charge on any atom is 0.322 e. The molecule has 0 radical (unpaired) electrons. The SMILES string of the molecule is Cc1cccc(N2CCN(C(=O)Nc3c(C)n(C)n(-c4ccccc4)c3=O)CC2)c1. The molecule has 0 unspecified atom stereocenters. The Labute approximate surface area is 176 Å². The summed E-state index contributed by atoms with van der Waals surface area (Å²) < 4.78 is 3.34. The van der Waals surface area contributed by atoms with Gasteiger partial charge >= 0.3 is 6.03 Å². The predicted octanol–water partition coefficient (Wildman–Crippen LogP) is 3.15. The maximum absolute atomic E-state index is 13.0. The molecule has 3 aromatic rings. The van der Waals surface area contributed by atoms with E-state index in [1.807, 2.05) is 44.3 Å². The van der Waals surface area contributed by atoms with Gasteiger partial charge in [-0.2, -0.15) is 0 Å². The van der Waals surface area contributed by atoms with Crippen molar-refractivity contribution in [3.63, 3.8) is 0 Å². The average molecular weight is 406 g/mol. The van der Waals surface area contributed by atoms with Crippen molar-refractivity contribution in [2.45, 2.75) is 13.8 Å². The molecule has 1 N–H and O–H groups in total. The van der Waals surface area contributed by atoms with Crippen molar-refractivity contribution in [1.29, 1.82) is 0 Å². The van der Waals surface area contributed by atoms with Gasteiger partial charge < -0.3 is 15.1 Å². The molecule has 30 heavy (non-hydrogen) atoms. The van der Waals surface area contributed by atoms with E-state index >= 15 is 0 Å². The van der Waals surface area contributed by atoms with Crippen molar-refractivity contribution in [3.8, 4) is 5.69 Å². The van der Waals surface area contributed by atoms with Crippen LogP contribution in [-0.4, -0.2) is 46.5 Å².